The van der Waals surface area contributed by atoms with Gasteiger partial charge >= 0.3 is 5.69 Å². The third-order valence-electron chi connectivity index (χ3n) is 4.97. The molecule has 9 nitrogen and oxygen atoms in total. The van der Waals surface area contributed by atoms with Crippen LogP contribution in [0.4, 0.5) is 22.7 Å². The average Bonchev–Trinajstić information content (AvgIpc) is 3.12. The molecule has 0 bridgehead atoms. The summed E-state index contributed by atoms with van der Waals surface area (Å²) >= 11 is 0. The summed E-state index contributed by atoms with van der Waals surface area (Å²) in [6, 6.07) is 8.26. The first-order valence-corrected chi connectivity index (χ1v) is 8.78. The third kappa shape index (κ3) is 3.12. The van der Waals surface area contributed by atoms with Crippen LogP contribution in [0.25, 0.3) is 11.0 Å². The van der Waals surface area contributed by atoms with E-state index in [1.54, 1.807) is 24.3 Å². The Kier molecular flexibility index (Phi) is 4.27. The molecule has 1 aromatic heterocycles. The lowest BCUT2D eigenvalue weighted by Crippen LogP contribution is -2.33. The maximum atomic E-state index is 11.7. The van der Waals surface area contributed by atoms with Crippen molar-refractivity contribution in [2.75, 3.05) is 23.3 Å². The van der Waals surface area contributed by atoms with Gasteiger partial charge in [-0.2, -0.15) is 0 Å². The number of hydrogen-bond donors (Lipinski definition) is 2. The van der Waals surface area contributed by atoms with E-state index in [1.165, 1.54) is 6.07 Å². The number of rotatable bonds is 4. The van der Waals surface area contributed by atoms with Crippen molar-refractivity contribution in [3.8, 4) is 5.75 Å². The summed E-state index contributed by atoms with van der Waals surface area (Å²) in [6.45, 7) is 3.87. The van der Waals surface area contributed by atoms with Crippen LogP contribution in [0.5, 0.6) is 5.75 Å². The molecule has 0 spiro atoms. The van der Waals surface area contributed by atoms with Gasteiger partial charge in [-0.05, 0) is 47.3 Å². The largest absolute Gasteiger partial charge is 0.506 e. The lowest BCUT2D eigenvalue weighted by molar-refractivity contribution is -0.382. The molecule has 1 aliphatic rings. The molecule has 1 fully saturated rings. The topological polar surface area (TPSA) is 118 Å². The summed E-state index contributed by atoms with van der Waals surface area (Å²) < 4.78 is 4.83. The van der Waals surface area contributed by atoms with Crippen molar-refractivity contribution in [1.29, 1.82) is 0 Å². The first-order valence-electron chi connectivity index (χ1n) is 8.78. The fraction of sp³-hybridized carbons (Fsp3) is 0.333. The Labute approximate surface area is 154 Å². The lowest BCUT2D eigenvalue weighted by atomic mass is 9.98. The highest BCUT2D eigenvalue weighted by atomic mass is 16.6. The number of nitro benzene ring substituents is 1. The van der Waals surface area contributed by atoms with Crippen molar-refractivity contribution in [3.63, 3.8) is 0 Å². The molecule has 3 aromatic rings. The second-order valence-corrected chi connectivity index (χ2v) is 6.82. The monoisotopic (exact) mass is 369 g/mol. The molecule has 2 heterocycles. The number of nitrogens with one attached hydrogen (secondary N) is 1. The number of piperidine rings is 1. The van der Waals surface area contributed by atoms with Crippen molar-refractivity contribution >= 4 is 33.8 Å². The quantitative estimate of drug-likeness (QED) is 0.405. The van der Waals surface area contributed by atoms with E-state index in [9.17, 15) is 15.2 Å². The molecular formula is C18H19N5O4. The lowest BCUT2D eigenvalue weighted by Gasteiger charge is -2.32. The fourth-order valence-electron chi connectivity index (χ4n) is 3.41. The van der Waals surface area contributed by atoms with Crippen molar-refractivity contribution < 1.29 is 14.7 Å². The van der Waals surface area contributed by atoms with Gasteiger partial charge in [0.2, 0.25) is 5.52 Å². The number of nitrogens with zero attached hydrogens (tertiary/aromatic N) is 4. The van der Waals surface area contributed by atoms with E-state index in [2.05, 4.69) is 27.5 Å². The molecule has 0 amide bonds. The molecule has 0 unspecified atom stereocenters. The Balaban J connectivity index is 1.85. The predicted molar refractivity (Wildman–Crippen MR) is 100 cm³/mol. The number of benzene rings is 2. The SMILES string of the molecule is CC1CCN(c2cc(Nc3ccccc3O)c([N+](=O)[O-])c3nonc23)CC1. The fourth-order valence-corrected chi connectivity index (χ4v) is 3.41. The number of para-hydroxylation sites is 2. The third-order valence-corrected chi connectivity index (χ3v) is 4.97. The Morgan fingerprint density at radius 3 is 2.63 bits per heavy atom. The summed E-state index contributed by atoms with van der Waals surface area (Å²) in [5.41, 5.74) is 1.58. The zero-order chi connectivity index (χ0) is 19.0. The first-order chi connectivity index (χ1) is 13.0. The molecule has 1 aliphatic heterocycles. The minimum absolute atomic E-state index is 0.00137. The maximum absolute atomic E-state index is 11.7. The van der Waals surface area contributed by atoms with Gasteiger partial charge in [-0.15, -0.1) is 0 Å². The summed E-state index contributed by atoms with van der Waals surface area (Å²) in [7, 11) is 0. The van der Waals surface area contributed by atoms with Crippen LogP contribution >= 0.6 is 0 Å². The molecular weight excluding hydrogens is 350 g/mol. The van der Waals surface area contributed by atoms with E-state index >= 15 is 0 Å². The number of aromatic hydroxyl groups is 1. The number of nitro groups is 1. The Morgan fingerprint density at radius 2 is 1.93 bits per heavy atom. The second-order valence-electron chi connectivity index (χ2n) is 6.82. The molecule has 1 saturated heterocycles. The Bertz CT molecular complexity index is 995. The van der Waals surface area contributed by atoms with Crippen LogP contribution in [-0.4, -0.2) is 33.4 Å². The summed E-state index contributed by atoms with van der Waals surface area (Å²) in [5, 5.41) is 32.4. The minimum Gasteiger partial charge on any atom is -0.506 e. The zero-order valence-electron chi connectivity index (χ0n) is 14.8. The molecule has 0 atom stereocenters. The van der Waals surface area contributed by atoms with Gasteiger partial charge in [-0.3, -0.25) is 10.1 Å². The number of phenolic OH excluding ortho intramolecular Hbond substituents is 1. The summed E-state index contributed by atoms with van der Waals surface area (Å²) in [6.07, 6.45) is 2.07. The van der Waals surface area contributed by atoms with Crippen molar-refractivity contribution in [3.05, 3.63) is 40.4 Å². The molecule has 9 heteroatoms. The number of aromatic nitrogens is 2. The van der Waals surface area contributed by atoms with Gasteiger partial charge in [0.15, 0.2) is 5.52 Å². The van der Waals surface area contributed by atoms with Crippen LogP contribution in [0, 0.1) is 16.0 Å². The highest BCUT2D eigenvalue weighted by molar-refractivity contribution is 6.00. The van der Waals surface area contributed by atoms with Gasteiger partial charge in [0.1, 0.15) is 11.4 Å². The normalized spacial score (nSPS) is 15.2. The van der Waals surface area contributed by atoms with Crippen LogP contribution in [0.2, 0.25) is 0 Å². The van der Waals surface area contributed by atoms with Gasteiger partial charge in [-0.1, -0.05) is 19.1 Å². The number of anilines is 3. The van der Waals surface area contributed by atoms with Gasteiger partial charge in [0.25, 0.3) is 0 Å². The standard InChI is InChI=1S/C18H19N5O4/c1-11-6-8-22(9-7-11)14-10-13(19-12-4-2-3-5-15(12)24)18(23(25)26)17-16(14)20-27-21-17/h2-5,10-11,19,24H,6-9H2,1H3. The summed E-state index contributed by atoms with van der Waals surface area (Å²) in [5.74, 6) is 0.641. The molecule has 27 heavy (non-hydrogen) atoms. The molecule has 2 aromatic carbocycles. The van der Waals surface area contributed by atoms with Gasteiger partial charge in [0, 0.05) is 13.1 Å². The van der Waals surface area contributed by atoms with Crippen LogP contribution in [-0.2, 0) is 0 Å². The molecule has 0 radical (unpaired) electrons. The zero-order valence-corrected chi connectivity index (χ0v) is 14.8. The van der Waals surface area contributed by atoms with Crippen LogP contribution in [0.3, 0.4) is 0 Å². The molecule has 2 N–H and O–H groups in total. The highest BCUT2D eigenvalue weighted by Gasteiger charge is 2.29. The Hall–Kier alpha value is -3.36. The van der Waals surface area contributed by atoms with E-state index in [0.29, 0.717) is 17.1 Å². The molecule has 0 saturated carbocycles. The average molecular weight is 369 g/mol. The van der Waals surface area contributed by atoms with E-state index in [1.807, 2.05) is 0 Å². The van der Waals surface area contributed by atoms with Crippen molar-refractivity contribution in [1.82, 2.24) is 10.3 Å². The van der Waals surface area contributed by atoms with E-state index < -0.39 is 4.92 Å². The first kappa shape index (κ1) is 17.1. The Morgan fingerprint density at radius 1 is 1.22 bits per heavy atom. The van der Waals surface area contributed by atoms with Crippen LogP contribution in [0.1, 0.15) is 19.8 Å². The van der Waals surface area contributed by atoms with Crippen molar-refractivity contribution in [2.24, 2.45) is 5.92 Å². The van der Waals surface area contributed by atoms with Crippen LogP contribution in [0.15, 0.2) is 35.0 Å². The molecule has 140 valence electrons. The van der Waals surface area contributed by atoms with Crippen molar-refractivity contribution in [2.45, 2.75) is 19.8 Å². The highest BCUT2D eigenvalue weighted by Crippen LogP contribution is 2.41. The molecule has 0 aliphatic carbocycles. The number of fused-ring (bicyclic) bond motifs is 1. The number of hydrogen-bond acceptors (Lipinski definition) is 8. The smallest absolute Gasteiger partial charge is 0.324 e. The summed E-state index contributed by atoms with van der Waals surface area (Å²) in [4.78, 5) is 13.3. The van der Waals surface area contributed by atoms with Crippen LogP contribution < -0.4 is 10.2 Å². The molecule has 4 rings (SSSR count). The second kappa shape index (κ2) is 6.75. The van der Waals surface area contributed by atoms with E-state index in [0.717, 1.165) is 31.6 Å². The predicted octanol–water partition coefficient (Wildman–Crippen LogP) is 3.82. The van der Waals surface area contributed by atoms with E-state index in [4.69, 9.17) is 4.63 Å². The number of phenols is 1. The van der Waals surface area contributed by atoms with Gasteiger partial charge < -0.3 is 15.3 Å². The minimum atomic E-state index is -0.517. The van der Waals surface area contributed by atoms with E-state index in [-0.39, 0.29) is 22.6 Å². The maximum Gasteiger partial charge on any atom is 0.324 e. The van der Waals surface area contributed by atoms with Gasteiger partial charge in [-0.25, -0.2) is 4.63 Å². The van der Waals surface area contributed by atoms with Gasteiger partial charge in [0.05, 0.1) is 16.3 Å².